The zero-order valence-corrected chi connectivity index (χ0v) is 10.1. The van der Waals surface area contributed by atoms with E-state index in [0.717, 1.165) is 5.92 Å². The fourth-order valence-electron chi connectivity index (χ4n) is 1.67. The van der Waals surface area contributed by atoms with E-state index in [0.29, 0.717) is 10.7 Å². The topological polar surface area (TPSA) is 0 Å². The van der Waals surface area contributed by atoms with E-state index in [1.807, 2.05) is 0 Å². The predicted molar refractivity (Wildman–Crippen MR) is 60.9 cm³/mol. The van der Waals surface area contributed by atoms with Crippen LogP contribution in [0.4, 0.5) is 0 Å². The molecule has 74 valence electrons. The lowest BCUT2D eigenvalue weighted by Crippen LogP contribution is -2.20. The third kappa shape index (κ3) is 5.08. The van der Waals surface area contributed by atoms with E-state index in [9.17, 15) is 0 Å². The summed E-state index contributed by atoms with van der Waals surface area (Å²) < 4.78 is 0. The summed E-state index contributed by atoms with van der Waals surface area (Å²) in [5.74, 6) is 0.790. The Bertz CT molecular complexity index is 113. The van der Waals surface area contributed by atoms with Gasteiger partial charge >= 0.3 is 0 Å². The average Bonchev–Trinajstić information content (AvgIpc) is 1.97. The molecule has 0 aliphatic heterocycles. The van der Waals surface area contributed by atoms with Crippen LogP contribution in [-0.4, -0.2) is 5.25 Å². The van der Waals surface area contributed by atoms with Gasteiger partial charge < -0.3 is 0 Å². The molecule has 0 heterocycles. The van der Waals surface area contributed by atoms with Crippen molar-refractivity contribution in [1.29, 1.82) is 0 Å². The fourth-order valence-corrected chi connectivity index (χ4v) is 1.99. The number of thiol groups is 1. The quantitative estimate of drug-likeness (QED) is 0.629. The molecule has 0 aromatic rings. The van der Waals surface area contributed by atoms with Crippen molar-refractivity contribution in [3.8, 4) is 0 Å². The minimum absolute atomic E-state index is 0.455. The summed E-state index contributed by atoms with van der Waals surface area (Å²) in [7, 11) is 0. The van der Waals surface area contributed by atoms with Gasteiger partial charge in [0.15, 0.2) is 0 Å². The summed E-state index contributed by atoms with van der Waals surface area (Å²) in [5.41, 5.74) is 0.455. The van der Waals surface area contributed by atoms with Crippen LogP contribution in [0.3, 0.4) is 0 Å². The van der Waals surface area contributed by atoms with Gasteiger partial charge in [0.05, 0.1) is 0 Å². The van der Waals surface area contributed by atoms with E-state index in [1.54, 1.807) is 0 Å². The molecule has 0 aliphatic carbocycles. The molecule has 0 saturated carbocycles. The van der Waals surface area contributed by atoms with Gasteiger partial charge in [-0.2, -0.15) is 12.6 Å². The van der Waals surface area contributed by atoms with E-state index < -0.39 is 0 Å². The minimum Gasteiger partial charge on any atom is -0.176 e. The summed E-state index contributed by atoms with van der Waals surface area (Å²) in [6.07, 6.45) is 3.75. The van der Waals surface area contributed by atoms with Crippen LogP contribution in [0.15, 0.2) is 0 Å². The highest BCUT2D eigenvalue weighted by Gasteiger charge is 2.21. The van der Waals surface area contributed by atoms with Gasteiger partial charge in [0, 0.05) is 5.25 Å². The van der Waals surface area contributed by atoms with Crippen molar-refractivity contribution in [2.75, 3.05) is 0 Å². The molecule has 2 unspecified atom stereocenters. The highest BCUT2D eigenvalue weighted by molar-refractivity contribution is 7.81. The summed E-state index contributed by atoms with van der Waals surface area (Å²) in [6.45, 7) is 11.4. The zero-order valence-electron chi connectivity index (χ0n) is 9.22. The highest BCUT2D eigenvalue weighted by Crippen LogP contribution is 2.31. The number of hydrogen-bond acceptors (Lipinski definition) is 1. The van der Waals surface area contributed by atoms with Gasteiger partial charge in [0.2, 0.25) is 0 Å². The maximum atomic E-state index is 4.62. The molecule has 2 atom stereocenters. The normalized spacial score (nSPS) is 17.5. The first-order chi connectivity index (χ1) is 5.40. The molecule has 1 heteroatoms. The van der Waals surface area contributed by atoms with Gasteiger partial charge in [-0.1, -0.05) is 41.0 Å². The van der Waals surface area contributed by atoms with Crippen LogP contribution >= 0.6 is 12.6 Å². The number of hydrogen-bond donors (Lipinski definition) is 1. The SMILES string of the molecule is CCC(S)C(CC)CC(C)(C)C. The van der Waals surface area contributed by atoms with E-state index in [-0.39, 0.29) is 0 Å². The smallest absolute Gasteiger partial charge is 0.00425 e. The monoisotopic (exact) mass is 188 g/mol. The van der Waals surface area contributed by atoms with Crippen molar-refractivity contribution in [2.45, 2.75) is 59.1 Å². The molecule has 0 rings (SSSR count). The van der Waals surface area contributed by atoms with Crippen LogP contribution in [0.2, 0.25) is 0 Å². The first-order valence-corrected chi connectivity index (χ1v) is 5.60. The Hall–Kier alpha value is 0.350. The molecule has 0 nitrogen and oxygen atoms in total. The van der Waals surface area contributed by atoms with Gasteiger partial charge in [-0.25, -0.2) is 0 Å². The lowest BCUT2D eigenvalue weighted by molar-refractivity contribution is 0.281. The predicted octanol–water partition coefficient (Wildman–Crippen LogP) is 4.16. The van der Waals surface area contributed by atoms with E-state index in [1.165, 1.54) is 19.3 Å². The molecule has 0 saturated heterocycles. The average molecular weight is 188 g/mol. The van der Waals surface area contributed by atoms with E-state index in [4.69, 9.17) is 0 Å². The van der Waals surface area contributed by atoms with Crippen molar-refractivity contribution in [2.24, 2.45) is 11.3 Å². The van der Waals surface area contributed by atoms with Crippen LogP contribution in [0.5, 0.6) is 0 Å². The Balaban J connectivity index is 3.99. The summed E-state index contributed by atoms with van der Waals surface area (Å²) in [4.78, 5) is 0. The van der Waals surface area contributed by atoms with Crippen LogP contribution in [0.1, 0.15) is 53.9 Å². The maximum Gasteiger partial charge on any atom is 0.00425 e. The molecule has 0 radical (unpaired) electrons. The molecular weight excluding hydrogens is 164 g/mol. The van der Waals surface area contributed by atoms with Crippen molar-refractivity contribution >= 4 is 12.6 Å². The molecule has 0 spiro atoms. The van der Waals surface area contributed by atoms with Crippen LogP contribution in [0, 0.1) is 11.3 Å². The number of rotatable bonds is 4. The third-order valence-electron chi connectivity index (χ3n) is 2.36. The zero-order chi connectivity index (χ0) is 9.78. The molecule has 0 aliphatic rings. The van der Waals surface area contributed by atoms with Crippen molar-refractivity contribution in [3.63, 3.8) is 0 Å². The van der Waals surface area contributed by atoms with Crippen LogP contribution in [0.25, 0.3) is 0 Å². The largest absolute Gasteiger partial charge is 0.176 e. The van der Waals surface area contributed by atoms with E-state index >= 15 is 0 Å². The van der Waals surface area contributed by atoms with Gasteiger partial charge in [-0.15, -0.1) is 0 Å². The molecule has 0 amide bonds. The highest BCUT2D eigenvalue weighted by atomic mass is 32.1. The first-order valence-electron chi connectivity index (χ1n) is 5.08. The van der Waals surface area contributed by atoms with Crippen molar-refractivity contribution in [1.82, 2.24) is 0 Å². The van der Waals surface area contributed by atoms with Gasteiger partial charge in [0.1, 0.15) is 0 Å². The molecule has 12 heavy (non-hydrogen) atoms. The summed E-state index contributed by atoms with van der Waals surface area (Å²) in [5, 5.41) is 0.592. The van der Waals surface area contributed by atoms with Gasteiger partial charge in [-0.3, -0.25) is 0 Å². The van der Waals surface area contributed by atoms with E-state index in [2.05, 4.69) is 47.2 Å². The molecule has 0 bridgehead atoms. The fraction of sp³-hybridized carbons (Fsp3) is 1.00. The lowest BCUT2D eigenvalue weighted by Gasteiger charge is -2.28. The lowest BCUT2D eigenvalue weighted by atomic mass is 9.81. The van der Waals surface area contributed by atoms with Crippen molar-refractivity contribution in [3.05, 3.63) is 0 Å². The second-order valence-electron chi connectivity index (χ2n) is 4.91. The first kappa shape index (κ1) is 12.3. The Morgan fingerprint density at radius 3 is 1.83 bits per heavy atom. The van der Waals surface area contributed by atoms with Crippen molar-refractivity contribution < 1.29 is 0 Å². The molecule has 0 aromatic heterocycles. The van der Waals surface area contributed by atoms with Gasteiger partial charge in [0.25, 0.3) is 0 Å². The molecule has 0 fully saturated rings. The summed E-state index contributed by atoms with van der Waals surface area (Å²) in [6, 6.07) is 0. The second kappa shape index (κ2) is 5.16. The van der Waals surface area contributed by atoms with Crippen LogP contribution < -0.4 is 0 Å². The standard InChI is InChI=1S/C11H24S/c1-6-9(10(12)7-2)8-11(3,4)5/h9-10,12H,6-8H2,1-5H3. The Labute approximate surface area is 83.5 Å². The Kier molecular flexibility index (Phi) is 5.31. The maximum absolute atomic E-state index is 4.62. The Morgan fingerprint density at radius 2 is 1.58 bits per heavy atom. The van der Waals surface area contributed by atoms with Crippen LogP contribution in [-0.2, 0) is 0 Å². The molecule has 0 aromatic carbocycles. The molecule has 0 N–H and O–H groups in total. The summed E-state index contributed by atoms with van der Waals surface area (Å²) >= 11 is 4.62. The van der Waals surface area contributed by atoms with Gasteiger partial charge in [-0.05, 0) is 24.2 Å². The Morgan fingerprint density at radius 1 is 1.08 bits per heavy atom. The third-order valence-corrected chi connectivity index (χ3v) is 3.15. The molecular formula is C11H24S. The second-order valence-corrected chi connectivity index (χ2v) is 5.57. The minimum atomic E-state index is 0.455.